The summed E-state index contributed by atoms with van der Waals surface area (Å²) in [6.07, 6.45) is -2.11. The number of likely N-dealkylation sites (tertiary alicyclic amines) is 1. The fourth-order valence-corrected chi connectivity index (χ4v) is 5.56. The van der Waals surface area contributed by atoms with Gasteiger partial charge in [0.15, 0.2) is 0 Å². The van der Waals surface area contributed by atoms with E-state index in [1.165, 1.54) is 12.1 Å². The zero-order valence-corrected chi connectivity index (χ0v) is 17.9. The Morgan fingerprint density at radius 1 is 1.16 bits per heavy atom. The number of halogens is 3. The zero-order chi connectivity index (χ0) is 22.3. The summed E-state index contributed by atoms with van der Waals surface area (Å²) in [6.45, 7) is 5.60. The molecule has 4 atom stereocenters. The highest BCUT2D eigenvalue weighted by atomic mass is 19.4. The second-order valence-electron chi connectivity index (χ2n) is 9.36. The van der Waals surface area contributed by atoms with E-state index in [0.717, 1.165) is 25.0 Å². The fraction of sp³-hybridized carbons (Fsp3) is 0.652. The highest BCUT2D eigenvalue weighted by Gasteiger charge is 2.53. The van der Waals surface area contributed by atoms with Crippen molar-refractivity contribution in [2.45, 2.75) is 57.8 Å². The quantitative estimate of drug-likeness (QED) is 0.702. The van der Waals surface area contributed by atoms with Crippen LogP contribution in [-0.2, 0) is 22.1 Å². The Labute approximate surface area is 180 Å². The number of ether oxygens (including phenoxy) is 1. The van der Waals surface area contributed by atoms with E-state index >= 15 is 0 Å². The van der Waals surface area contributed by atoms with Gasteiger partial charge in [0.1, 0.15) is 0 Å². The van der Waals surface area contributed by atoms with Crippen LogP contribution < -0.4 is 0 Å². The van der Waals surface area contributed by atoms with Gasteiger partial charge >= 0.3 is 12.3 Å². The third-order valence-corrected chi connectivity index (χ3v) is 7.04. The molecule has 31 heavy (non-hydrogen) atoms. The van der Waals surface area contributed by atoms with Crippen LogP contribution in [0.25, 0.3) is 0 Å². The zero-order valence-electron chi connectivity index (χ0n) is 17.9. The highest BCUT2D eigenvalue weighted by Crippen LogP contribution is 2.45. The number of carbonyl (C=O) groups is 2. The third kappa shape index (κ3) is 4.39. The van der Waals surface area contributed by atoms with Gasteiger partial charge < -0.3 is 14.5 Å². The molecule has 0 saturated carbocycles. The molecule has 1 aromatic carbocycles. The van der Waals surface area contributed by atoms with Crippen LogP contribution >= 0.6 is 0 Å². The fourth-order valence-electron chi connectivity index (χ4n) is 5.56. The van der Waals surface area contributed by atoms with Gasteiger partial charge in [-0.05, 0) is 48.3 Å². The lowest BCUT2D eigenvalue weighted by Crippen LogP contribution is -2.58. The van der Waals surface area contributed by atoms with Crippen LogP contribution in [0.4, 0.5) is 18.0 Å². The summed E-state index contributed by atoms with van der Waals surface area (Å²) in [5, 5.41) is 0. The number of piperidine rings is 2. The van der Waals surface area contributed by atoms with Crippen LogP contribution in [0.3, 0.4) is 0 Å². The lowest BCUT2D eigenvalue weighted by atomic mass is 9.79. The molecular formula is C23H29F3N2O3. The maximum Gasteiger partial charge on any atom is 0.416 e. The second kappa shape index (κ2) is 8.36. The van der Waals surface area contributed by atoms with E-state index in [1.807, 2.05) is 0 Å². The molecule has 0 N–H and O–H groups in total. The molecule has 170 valence electrons. The number of amides is 2. The Bertz CT molecular complexity index is 824. The molecule has 0 spiro atoms. The lowest BCUT2D eigenvalue weighted by molar-refractivity contribution is -0.142. The molecule has 3 heterocycles. The average molecular weight is 438 g/mol. The summed E-state index contributed by atoms with van der Waals surface area (Å²) in [5.74, 6) is 1.19. The maximum atomic E-state index is 12.7. The summed E-state index contributed by atoms with van der Waals surface area (Å²) in [7, 11) is 0. The number of alkyl halides is 3. The molecule has 0 aliphatic carbocycles. The van der Waals surface area contributed by atoms with Crippen molar-refractivity contribution >= 4 is 12.0 Å². The van der Waals surface area contributed by atoms with Gasteiger partial charge in [0, 0.05) is 38.0 Å². The molecule has 2 amide bonds. The SMILES string of the molecule is CC(C)[C@H]1CC2CN(C(=O)OCCc3ccc(C(F)(F)F)cc3)C[C@H]3CCC(=O)N1C23. The van der Waals surface area contributed by atoms with Gasteiger partial charge in [-0.1, -0.05) is 26.0 Å². The Morgan fingerprint density at radius 2 is 1.84 bits per heavy atom. The van der Waals surface area contributed by atoms with Crippen LogP contribution in [0.15, 0.2) is 24.3 Å². The average Bonchev–Trinajstić information content (AvgIpc) is 3.11. The minimum Gasteiger partial charge on any atom is -0.449 e. The van der Waals surface area contributed by atoms with Crippen LogP contribution in [0.1, 0.15) is 44.2 Å². The molecule has 3 fully saturated rings. The van der Waals surface area contributed by atoms with E-state index in [2.05, 4.69) is 18.7 Å². The molecule has 3 aliphatic heterocycles. The first-order valence-electron chi connectivity index (χ1n) is 11.0. The summed E-state index contributed by atoms with van der Waals surface area (Å²) in [4.78, 5) is 29.1. The van der Waals surface area contributed by atoms with Gasteiger partial charge in [0.2, 0.25) is 5.91 Å². The minimum absolute atomic E-state index is 0.124. The lowest BCUT2D eigenvalue weighted by Gasteiger charge is -2.47. The van der Waals surface area contributed by atoms with Crippen molar-refractivity contribution in [3.8, 4) is 0 Å². The topological polar surface area (TPSA) is 49.9 Å². The van der Waals surface area contributed by atoms with Crippen molar-refractivity contribution in [1.29, 1.82) is 0 Å². The number of hydrogen-bond donors (Lipinski definition) is 0. The second-order valence-corrected chi connectivity index (χ2v) is 9.36. The molecule has 3 aliphatic rings. The predicted octanol–water partition coefficient (Wildman–Crippen LogP) is 4.35. The normalized spacial score (nSPS) is 28.1. The molecule has 0 bridgehead atoms. The highest BCUT2D eigenvalue weighted by molar-refractivity contribution is 5.78. The number of benzene rings is 1. The van der Waals surface area contributed by atoms with Gasteiger partial charge in [-0.3, -0.25) is 4.79 Å². The van der Waals surface area contributed by atoms with Gasteiger partial charge in [-0.25, -0.2) is 4.79 Å². The molecule has 8 heteroatoms. The molecule has 5 nitrogen and oxygen atoms in total. The smallest absolute Gasteiger partial charge is 0.416 e. The molecule has 0 radical (unpaired) electrons. The van der Waals surface area contributed by atoms with E-state index in [0.29, 0.717) is 37.4 Å². The monoisotopic (exact) mass is 438 g/mol. The molecule has 2 unspecified atom stereocenters. The number of carbonyl (C=O) groups excluding carboxylic acids is 2. The Balaban J connectivity index is 1.33. The van der Waals surface area contributed by atoms with Crippen LogP contribution in [0.5, 0.6) is 0 Å². The largest absolute Gasteiger partial charge is 0.449 e. The van der Waals surface area contributed by atoms with Crippen molar-refractivity contribution in [3.05, 3.63) is 35.4 Å². The molecular weight excluding hydrogens is 409 g/mol. The molecule has 1 aromatic rings. The Hall–Kier alpha value is -2.25. The van der Waals surface area contributed by atoms with Gasteiger partial charge in [-0.2, -0.15) is 13.2 Å². The van der Waals surface area contributed by atoms with E-state index in [4.69, 9.17) is 4.74 Å². The van der Waals surface area contributed by atoms with Crippen molar-refractivity contribution in [2.75, 3.05) is 19.7 Å². The summed E-state index contributed by atoms with van der Waals surface area (Å²) in [5.41, 5.74) is 0.00361. The summed E-state index contributed by atoms with van der Waals surface area (Å²) < 4.78 is 43.4. The van der Waals surface area contributed by atoms with E-state index in [-0.39, 0.29) is 42.5 Å². The Kier molecular flexibility index (Phi) is 5.92. The summed E-state index contributed by atoms with van der Waals surface area (Å²) in [6, 6.07) is 5.39. The first kappa shape index (κ1) is 22.0. The first-order valence-corrected chi connectivity index (χ1v) is 11.0. The van der Waals surface area contributed by atoms with Crippen molar-refractivity contribution in [2.24, 2.45) is 17.8 Å². The number of nitrogens with zero attached hydrogens (tertiary/aromatic N) is 2. The van der Waals surface area contributed by atoms with Crippen molar-refractivity contribution in [1.82, 2.24) is 9.80 Å². The predicted molar refractivity (Wildman–Crippen MR) is 108 cm³/mol. The van der Waals surface area contributed by atoms with Crippen LogP contribution in [0, 0.1) is 17.8 Å². The summed E-state index contributed by atoms with van der Waals surface area (Å²) >= 11 is 0. The minimum atomic E-state index is -4.36. The van der Waals surface area contributed by atoms with Gasteiger partial charge in [-0.15, -0.1) is 0 Å². The van der Waals surface area contributed by atoms with Crippen molar-refractivity contribution in [3.63, 3.8) is 0 Å². The van der Waals surface area contributed by atoms with Crippen molar-refractivity contribution < 1.29 is 27.5 Å². The van der Waals surface area contributed by atoms with E-state index < -0.39 is 11.7 Å². The van der Waals surface area contributed by atoms with E-state index in [1.54, 1.807) is 4.90 Å². The van der Waals surface area contributed by atoms with Crippen LogP contribution in [0.2, 0.25) is 0 Å². The van der Waals surface area contributed by atoms with Crippen LogP contribution in [-0.4, -0.2) is 53.6 Å². The number of rotatable bonds is 4. The Morgan fingerprint density at radius 3 is 2.48 bits per heavy atom. The maximum absolute atomic E-state index is 12.7. The standard InChI is InChI=1S/C23H29F3N2O3/c1-14(2)19-11-17-13-27(12-16-5-8-20(29)28(19)21(16)17)22(30)31-10-9-15-3-6-18(7-4-15)23(24,25)26/h3-4,6-7,14,16-17,19,21H,5,8-13H2,1-2H3/t16-,17?,19-,21?/m1/s1. The van der Waals surface area contributed by atoms with Gasteiger partial charge in [0.05, 0.1) is 12.2 Å². The van der Waals surface area contributed by atoms with E-state index in [9.17, 15) is 22.8 Å². The molecule has 3 saturated heterocycles. The molecule has 4 rings (SSSR count). The first-order chi connectivity index (χ1) is 14.6. The van der Waals surface area contributed by atoms with Gasteiger partial charge in [0.25, 0.3) is 0 Å². The third-order valence-electron chi connectivity index (χ3n) is 7.04. The number of hydrogen-bond acceptors (Lipinski definition) is 3. The molecule has 0 aromatic heterocycles.